The highest BCUT2D eigenvalue weighted by Gasteiger charge is 2.22. The Balaban J connectivity index is 0.00000341. The van der Waals surface area contributed by atoms with Crippen LogP contribution in [0.2, 0.25) is 0 Å². The molecule has 0 atom stereocenters. The second-order valence-electron chi connectivity index (χ2n) is 8.31. The van der Waals surface area contributed by atoms with Crippen molar-refractivity contribution < 1.29 is 4.79 Å². The normalized spacial score (nSPS) is 18.0. The number of piperidine rings is 1. The molecule has 10 heteroatoms. The number of likely N-dealkylation sites (N-methyl/N-ethyl adjacent to an activating group) is 1. The number of hydrogen-bond acceptors (Lipinski definition) is 6. The lowest BCUT2D eigenvalue weighted by molar-refractivity contribution is -0.130. The third kappa shape index (κ3) is 8.38. The zero-order valence-corrected chi connectivity index (χ0v) is 22.2. The summed E-state index contributed by atoms with van der Waals surface area (Å²) in [4.78, 5) is 27.8. The molecule has 8 nitrogen and oxygen atoms in total. The predicted molar refractivity (Wildman–Crippen MR) is 140 cm³/mol. The van der Waals surface area contributed by atoms with Gasteiger partial charge in [-0.1, -0.05) is 0 Å². The second kappa shape index (κ2) is 13.4. The number of aliphatic imine (C=N–C) groups is 1. The van der Waals surface area contributed by atoms with Crippen molar-refractivity contribution in [2.24, 2.45) is 4.99 Å². The van der Waals surface area contributed by atoms with Crippen LogP contribution < -0.4 is 15.5 Å². The lowest BCUT2D eigenvalue weighted by Gasteiger charge is -2.33. The summed E-state index contributed by atoms with van der Waals surface area (Å²) in [6.45, 7) is 8.34. The Labute approximate surface area is 207 Å². The van der Waals surface area contributed by atoms with E-state index < -0.39 is 0 Å². The third-order valence-corrected chi connectivity index (χ3v) is 6.63. The number of anilines is 1. The van der Waals surface area contributed by atoms with Crippen LogP contribution in [0.15, 0.2) is 10.4 Å². The van der Waals surface area contributed by atoms with Crippen molar-refractivity contribution in [3.8, 4) is 0 Å². The standard InChI is InChI=1S/C21H37N7OS.HI/c1-4-22-20(24-17-8-13-27(14-9-17)15-19(29)26(2)3)23-10-7-18-16-30-21(25-18)28-11-5-6-12-28;/h16-17H,4-15H2,1-3H3,(H2,22,23,24);1H. The number of halogens is 1. The first-order valence-electron chi connectivity index (χ1n) is 11.2. The van der Waals surface area contributed by atoms with Gasteiger partial charge in [-0.3, -0.25) is 14.7 Å². The Morgan fingerprint density at radius 1 is 1.26 bits per heavy atom. The number of nitrogens with one attached hydrogen (secondary N) is 2. The van der Waals surface area contributed by atoms with E-state index in [1.165, 1.54) is 12.8 Å². The fourth-order valence-corrected chi connectivity index (χ4v) is 4.74. The molecule has 3 rings (SSSR count). The van der Waals surface area contributed by atoms with Crippen molar-refractivity contribution in [2.45, 2.75) is 45.1 Å². The van der Waals surface area contributed by atoms with E-state index in [4.69, 9.17) is 9.98 Å². The zero-order valence-electron chi connectivity index (χ0n) is 19.1. The molecule has 2 aliphatic heterocycles. The molecule has 0 spiro atoms. The number of carbonyl (C=O) groups excluding carboxylic acids is 1. The van der Waals surface area contributed by atoms with Crippen molar-refractivity contribution in [3.63, 3.8) is 0 Å². The van der Waals surface area contributed by atoms with Gasteiger partial charge in [0.05, 0.1) is 12.2 Å². The molecule has 1 amide bonds. The first kappa shape index (κ1) is 26.1. The molecule has 1 aromatic heterocycles. The van der Waals surface area contributed by atoms with Crippen LogP contribution in [0.25, 0.3) is 0 Å². The fourth-order valence-electron chi connectivity index (χ4n) is 3.83. The molecule has 0 aliphatic carbocycles. The molecule has 31 heavy (non-hydrogen) atoms. The maximum absolute atomic E-state index is 11.9. The van der Waals surface area contributed by atoms with Crippen molar-refractivity contribution >= 4 is 52.3 Å². The van der Waals surface area contributed by atoms with Gasteiger partial charge in [0.2, 0.25) is 5.91 Å². The van der Waals surface area contributed by atoms with Gasteiger partial charge in [-0.25, -0.2) is 4.98 Å². The molecule has 3 heterocycles. The minimum Gasteiger partial charge on any atom is -0.357 e. The van der Waals surface area contributed by atoms with E-state index in [9.17, 15) is 4.79 Å². The maximum Gasteiger partial charge on any atom is 0.236 e. The quantitative estimate of drug-likeness (QED) is 0.287. The molecule has 2 saturated heterocycles. The molecule has 2 aliphatic rings. The van der Waals surface area contributed by atoms with Crippen LogP contribution in [0, 0.1) is 0 Å². The van der Waals surface area contributed by atoms with Crippen LogP contribution in [0.1, 0.15) is 38.3 Å². The maximum atomic E-state index is 11.9. The summed E-state index contributed by atoms with van der Waals surface area (Å²) in [5.41, 5.74) is 1.14. The van der Waals surface area contributed by atoms with E-state index in [0.717, 1.165) is 75.3 Å². The number of amides is 1. The van der Waals surface area contributed by atoms with Gasteiger partial charge >= 0.3 is 0 Å². The third-order valence-electron chi connectivity index (χ3n) is 5.68. The van der Waals surface area contributed by atoms with Crippen molar-refractivity contribution in [2.75, 3.05) is 64.8 Å². The van der Waals surface area contributed by atoms with Gasteiger partial charge in [0.15, 0.2) is 11.1 Å². The number of hydrogen-bond donors (Lipinski definition) is 2. The Morgan fingerprint density at radius 3 is 2.61 bits per heavy atom. The van der Waals surface area contributed by atoms with Crippen molar-refractivity contribution in [1.29, 1.82) is 0 Å². The topological polar surface area (TPSA) is 76.1 Å². The number of nitrogens with zero attached hydrogens (tertiary/aromatic N) is 5. The highest BCUT2D eigenvalue weighted by Crippen LogP contribution is 2.24. The van der Waals surface area contributed by atoms with Crippen LogP contribution in [0.3, 0.4) is 0 Å². The summed E-state index contributed by atoms with van der Waals surface area (Å²) in [7, 11) is 3.63. The summed E-state index contributed by atoms with van der Waals surface area (Å²) in [6.07, 6.45) is 5.47. The molecule has 176 valence electrons. The van der Waals surface area contributed by atoms with Gasteiger partial charge in [-0.05, 0) is 32.6 Å². The fraction of sp³-hybridized carbons (Fsp3) is 0.762. The van der Waals surface area contributed by atoms with Gasteiger partial charge in [-0.15, -0.1) is 35.3 Å². The number of likely N-dealkylation sites (tertiary alicyclic amines) is 1. The molecular formula is C21H38IN7OS. The average Bonchev–Trinajstić information content (AvgIpc) is 3.41. The van der Waals surface area contributed by atoms with Gasteiger partial charge in [0.25, 0.3) is 0 Å². The Bertz CT molecular complexity index is 698. The van der Waals surface area contributed by atoms with E-state index in [-0.39, 0.29) is 29.9 Å². The predicted octanol–water partition coefficient (Wildman–Crippen LogP) is 2.01. The number of carbonyl (C=O) groups is 1. The Hall–Kier alpha value is -1.14. The minimum absolute atomic E-state index is 0. The highest BCUT2D eigenvalue weighted by molar-refractivity contribution is 14.0. The van der Waals surface area contributed by atoms with Gasteiger partial charge in [-0.2, -0.15) is 0 Å². The molecule has 2 N–H and O–H groups in total. The Kier molecular flexibility index (Phi) is 11.3. The van der Waals surface area contributed by atoms with E-state index in [1.54, 1.807) is 16.2 Å². The summed E-state index contributed by atoms with van der Waals surface area (Å²) < 4.78 is 0. The molecular weight excluding hydrogens is 525 g/mol. The molecule has 0 aromatic carbocycles. The smallest absolute Gasteiger partial charge is 0.236 e. The SMILES string of the molecule is CCNC(=NCCc1csc(N2CCCC2)n1)NC1CCN(CC(=O)N(C)C)CC1.I. The Morgan fingerprint density at radius 2 is 1.97 bits per heavy atom. The van der Waals surface area contributed by atoms with E-state index in [1.807, 2.05) is 14.1 Å². The molecule has 1 aromatic rings. The number of thiazole rings is 1. The van der Waals surface area contributed by atoms with Gasteiger partial charge < -0.3 is 20.4 Å². The van der Waals surface area contributed by atoms with E-state index >= 15 is 0 Å². The van der Waals surface area contributed by atoms with Gasteiger partial charge in [0, 0.05) is 71.2 Å². The van der Waals surface area contributed by atoms with E-state index in [0.29, 0.717) is 12.6 Å². The molecule has 0 saturated carbocycles. The molecule has 2 fully saturated rings. The number of aromatic nitrogens is 1. The van der Waals surface area contributed by atoms with E-state index in [2.05, 4.69) is 32.7 Å². The number of guanidine groups is 1. The van der Waals surface area contributed by atoms with Crippen LogP contribution in [-0.2, 0) is 11.2 Å². The van der Waals surface area contributed by atoms with Crippen LogP contribution in [-0.4, -0.2) is 92.6 Å². The summed E-state index contributed by atoms with van der Waals surface area (Å²) >= 11 is 1.75. The van der Waals surface area contributed by atoms with Crippen LogP contribution in [0.4, 0.5) is 5.13 Å². The minimum atomic E-state index is 0. The van der Waals surface area contributed by atoms with Crippen molar-refractivity contribution in [1.82, 2.24) is 25.4 Å². The second-order valence-corrected chi connectivity index (χ2v) is 9.15. The lowest BCUT2D eigenvalue weighted by atomic mass is 10.1. The molecule has 0 unspecified atom stereocenters. The zero-order chi connectivity index (χ0) is 21.3. The summed E-state index contributed by atoms with van der Waals surface area (Å²) in [5.74, 6) is 1.06. The summed E-state index contributed by atoms with van der Waals surface area (Å²) in [6, 6.07) is 0.398. The molecule has 0 bridgehead atoms. The lowest BCUT2D eigenvalue weighted by Crippen LogP contribution is -2.50. The first-order chi connectivity index (χ1) is 14.5. The van der Waals surface area contributed by atoms with Crippen molar-refractivity contribution in [3.05, 3.63) is 11.1 Å². The van der Waals surface area contributed by atoms with Crippen LogP contribution in [0.5, 0.6) is 0 Å². The number of rotatable bonds is 8. The average molecular weight is 564 g/mol. The first-order valence-corrected chi connectivity index (χ1v) is 12.1. The summed E-state index contributed by atoms with van der Waals surface area (Å²) in [5, 5.41) is 10.3. The molecule has 0 radical (unpaired) electrons. The highest BCUT2D eigenvalue weighted by atomic mass is 127. The largest absolute Gasteiger partial charge is 0.357 e. The monoisotopic (exact) mass is 563 g/mol. The van der Waals surface area contributed by atoms with Gasteiger partial charge in [0.1, 0.15) is 0 Å². The van der Waals surface area contributed by atoms with Crippen LogP contribution >= 0.6 is 35.3 Å².